The van der Waals surface area contributed by atoms with Crippen molar-refractivity contribution in [1.29, 1.82) is 0 Å². The van der Waals surface area contributed by atoms with Crippen LogP contribution in [-0.2, 0) is 0 Å². The molecule has 0 fully saturated rings. The Morgan fingerprint density at radius 1 is 0.800 bits per heavy atom. The number of ether oxygens (including phenoxy) is 2. The van der Waals surface area contributed by atoms with E-state index in [2.05, 4.69) is 0 Å². The van der Waals surface area contributed by atoms with Gasteiger partial charge in [0, 0.05) is 23.5 Å². The van der Waals surface area contributed by atoms with Crippen molar-refractivity contribution < 1.29 is 9.47 Å². The Hall–Kier alpha value is -2.36. The second kappa shape index (κ2) is 7.28. The Kier molecular flexibility index (Phi) is 5.72. The van der Waals surface area contributed by atoms with Crippen LogP contribution in [0.4, 0.5) is 11.4 Å². The van der Waals surface area contributed by atoms with Crippen molar-refractivity contribution in [2.45, 2.75) is 13.8 Å². The van der Waals surface area contributed by atoms with E-state index in [1.54, 1.807) is 20.3 Å². The highest BCUT2D eigenvalue weighted by atomic mass is 16.5. The second-order valence-electron chi connectivity index (χ2n) is 4.51. The number of hydrogen-bond acceptors (Lipinski definition) is 4. The van der Waals surface area contributed by atoms with E-state index in [0.29, 0.717) is 0 Å². The van der Waals surface area contributed by atoms with Gasteiger partial charge in [0.15, 0.2) is 0 Å². The van der Waals surface area contributed by atoms with Gasteiger partial charge in [-0.1, -0.05) is 6.07 Å². The Morgan fingerprint density at radius 3 is 2.00 bits per heavy atom. The average molecular weight is 274 g/mol. The van der Waals surface area contributed by atoms with Crippen LogP contribution in [0, 0.1) is 13.8 Å². The lowest BCUT2D eigenvalue weighted by Crippen LogP contribution is -1.89. The fourth-order valence-electron chi connectivity index (χ4n) is 1.73. The molecule has 0 aliphatic heterocycles. The van der Waals surface area contributed by atoms with Crippen LogP contribution in [0.5, 0.6) is 11.5 Å². The maximum atomic E-state index is 5.56. The van der Waals surface area contributed by atoms with Gasteiger partial charge in [-0.05, 0) is 43.2 Å². The van der Waals surface area contributed by atoms with Gasteiger partial charge in [-0.2, -0.15) is 0 Å². The number of hydrogen-bond donors (Lipinski definition) is 2. The summed E-state index contributed by atoms with van der Waals surface area (Å²) in [6.07, 6.45) is 0. The first kappa shape index (κ1) is 15.7. The van der Waals surface area contributed by atoms with Crippen molar-refractivity contribution in [3.05, 3.63) is 47.5 Å². The average Bonchev–Trinajstić information content (AvgIpc) is 2.41. The van der Waals surface area contributed by atoms with Gasteiger partial charge in [0.1, 0.15) is 11.5 Å². The minimum absolute atomic E-state index is 0.738. The summed E-state index contributed by atoms with van der Waals surface area (Å²) in [7, 11) is 3.27. The predicted octanol–water partition coefficient (Wildman–Crippen LogP) is 3.17. The topological polar surface area (TPSA) is 70.5 Å². The number of benzene rings is 2. The van der Waals surface area contributed by atoms with Crippen molar-refractivity contribution in [1.82, 2.24) is 0 Å². The first-order valence-electron chi connectivity index (χ1n) is 6.27. The molecule has 0 atom stereocenters. The first-order chi connectivity index (χ1) is 9.46. The molecule has 0 spiro atoms. The third-order valence-corrected chi connectivity index (χ3v) is 2.74. The largest absolute Gasteiger partial charge is 0.497 e. The van der Waals surface area contributed by atoms with Gasteiger partial charge >= 0.3 is 0 Å². The van der Waals surface area contributed by atoms with Crippen LogP contribution in [0.2, 0.25) is 0 Å². The molecule has 2 rings (SSSR count). The molecule has 0 saturated carbocycles. The normalized spacial score (nSPS) is 9.40. The zero-order valence-corrected chi connectivity index (χ0v) is 12.4. The molecule has 0 unspecified atom stereocenters. The minimum Gasteiger partial charge on any atom is -0.497 e. The molecule has 108 valence electrons. The molecule has 4 nitrogen and oxygen atoms in total. The molecule has 20 heavy (non-hydrogen) atoms. The fraction of sp³-hybridized carbons (Fsp3) is 0.250. The van der Waals surface area contributed by atoms with Crippen molar-refractivity contribution in [2.24, 2.45) is 0 Å². The molecule has 0 radical (unpaired) electrons. The SMILES string of the molecule is COc1cc(C)cc(N)c1.COc1cc(N)ccc1C. The number of methoxy groups -OCH3 is 2. The molecule has 0 aliphatic carbocycles. The minimum atomic E-state index is 0.738. The Balaban J connectivity index is 0.000000200. The van der Waals surface area contributed by atoms with E-state index in [-0.39, 0.29) is 0 Å². The maximum absolute atomic E-state index is 5.56. The van der Waals surface area contributed by atoms with Gasteiger partial charge in [-0.15, -0.1) is 0 Å². The molecule has 0 amide bonds. The molecule has 4 N–H and O–H groups in total. The lowest BCUT2D eigenvalue weighted by atomic mass is 10.2. The fourth-order valence-corrected chi connectivity index (χ4v) is 1.73. The van der Waals surface area contributed by atoms with Crippen LogP contribution in [0.3, 0.4) is 0 Å². The molecule has 4 heteroatoms. The van der Waals surface area contributed by atoms with E-state index in [9.17, 15) is 0 Å². The summed E-state index contributed by atoms with van der Waals surface area (Å²) in [5.41, 5.74) is 14.8. The van der Waals surface area contributed by atoms with Crippen LogP contribution in [-0.4, -0.2) is 14.2 Å². The summed E-state index contributed by atoms with van der Waals surface area (Å²) in [5.74, 6) is 1.66. The van der Waals surface area contributed by atoms with Gasteiger partial charge in [0.05, 0.1) is 14.2 Å². The van der Waals surface area contributed by atoms with Crippen molar-refractivity contribution in [3.8, 4) is 11.5 Å². The van der Waals surface area contributed by atoms with E-state index in [4.69, 9.17) is 20.9 Å². The number of nitrogens with two attached hydrogens (primary N) is 2. The van der Waals surface area contributed by atoms with Gasteiger partial charge in [-0.25, -0.2) is 0 Å². The molecular weight excluding hydrogens is 252 g/mol. The Morgan fingerprint density at radius 2 is 1.50 bits per heavy atom. The van der Waals surface area contributed by atoms with E-state index in [1.807, 2.05) is 44.2 Å². The Labute approximate surface area is 120 Å². The summed E-state index contributed by atoms with van der Waals surface area (Å²) in [4.78, 5) is 0. The molecule has 0 heterocycles. The molecule has 2 aromatic carbocycles. The number of rotatable bonds is 2. The molecule has 0 bridgehead atoms. The number of aryl methyl sites for hydroxylation is 2. The van der Waals surface area contributed by atoms with Crippen LogP contribution in [0.1, 0.15) is 11.1 Å². The summed E-state index contributed by atoms with van der Waals surface area (Å²) in [6, 6.07) is 11.3. The van der Waals surface area contributed by atoms with E-state index < -0.39 is 0 Å². The van der Waals surface area contributed by atoms with Gasteiger partial charge in [0.25, 0.3) is 0 Å². The summed E-state index contributed by atoms with van der Waals surface area (Å²) < 4.78 is 10.0. The van der Waals surface area contributed by atoms with Crippen molar-refractivity contribution in [2.75, 3.05) is 25.7 Å². The quantitative estimate of drug-likeness (QED) is 0.825. The van der Waals surface area contributed by atoms with Crippen molar-refractivity contribution in [3.63, 3.8) is 0 Å². The highest BCUT2D eigenvalue weighted by molar-refractivity contribution is 5.48. The summed E-state index contributed by atoms with van der Waals surface area (Å²) in [6.45, 7) is 3.97. The van der Waals surface area contributed by atoms with Crippen LogP contribution in [0.15, 0.2) is 36.4 Å². The zero-order valence-electron chi connectivity index (χ0n) is 12.4. The lowest BCUT2D eigenvalue weighted by molar-refractivity contribution is 0.412. The highest BCUT2D eigenvalue weighted by Gasteiger charge is 1.95. The summed E-state index contributed by atoms with van der Waals surface area (Å²) in [5, 5.41) is 0. The van der Waals surface area contributed by atoms with Gasteiger partial charge < -0.3 is 20.9 Å². The lowest BCUT2D eigenvalue weighted by Gasteiger charge is -2.03. The Bertz CT molecular complexity index is 548. The monoisotopic (exact) mass is 274 g/mol. The highest BCUT2D eigenvalue weighted by Crippen LogP contribution is 2.19. The van der Waals surface area contributed by atoms with Crippen LogP contribution in [0.25, 0.3) is 0 Å². The number of anilines is 2. The zero-order chi connectivity index (χ0) is 15.1. The third-order valence-electron chi connectivity index (χ3n) is 2.74. The van der Waals surface area contributed by atoms with E-state index in [0.717, 1.165) is 34.0 Å². The number of nitrogen functional groups attached to an aromatic ring is 2. The van der Waals surface area contributed by atoms with E-state index in [1.165, 1.54) is 0 Å². The molecule has 2 aromatic rings. The molecule has 0 aliphatic rings. The first-order valence-corrected chi connectivity index (χ1v) is 6.27. The molecule has 0 aromatic heterocycles. The second-order valence-corrected chi connectivity index (χ2v) is 4.51. The van der Waals surface area contributed by atoms with E-state index >= 15 is 0 Å². The maximum Gasteiger partial charge on any atom is 0.123 e. The van der Waals surface area contributed by atoms with Crippen molar-refractivity contribution >= 4 is 11.4 Å². The smallest absolute Gasteiger partial charge is 0.123 e. The third kappa shape index (κ3) is 4.72. The van der Waals surface area contributed by atoms with Gasteiger partial charge in [0.2, 0.25) is 0 Å². The molecular formula is C16H22N2O2. The van der Waals surface area contributed by atoms with Crippen LogP contribution < -0.4 is 20.9 Å². The van der Waals surface area contributed by atoms with Gasteiger partial charge in [-0.3, -0.25) is 0 Å². The summed E-state index contributed by atoms with van der Waals surface area (Å²) >= 11 is 0. The van der Waals surface area contributed by atoms with Crippen LogP contribution >= 0.6 is 0 Å². The standard InChI is InChI=1S/2C8H11NO/c1-6-3-7(9)5-8(4-6)10-2;1-6-3-4-7(9)5-8(6)10-2/h2*3-5H,9H2,1-2H3. The molecule has 0 saturated heterocycles. The predicted molar refractivity (Wildman–Crippen MR) is 84.3 cm³/mol.